The van der Waals surface area contributed by atoms with E-state index in [1.54, 1.807) is 0 Å². The Morgan fingerprint density at radius 1 is 0.931 bits per heavy atom. The van der Waals surface area contributed by atoms with Gasteiger partial charge in [0.15, 0.2) is 0 Å². The number of fused-ring (bicyclic) bond motifs is 1. The topological polar surface area (TPSA) is 44.3 Å². The molecule has 0 saturated carbocycles. The van der Waals surface area contributed by atoms with Crippen LogP contribution in [0.25, 0.3) is 0 Å². The Labute approximate surface area is 177 Å². The van der Waals surface area contributed by atoms with Crippen molar-refractivity contribution in [3.8, 4) is 0 Å². The number of aromatic nitrogens is 2. The van der Waals surface area contributed by atoms with Gasteiger partial charge in [0, 0.05) is 44.3 Å². The number of aryl methyl sites for hydroxylation is 1. The van der Waals surface area contributed by atoms with Crippen molar-refractivity contribution in [3.05, 3.63) is 11.3 Å². The molecule has 3 aliphatic rings. The Kier molecular flexibility index (Phi) is 7.28. The second kappa shape index (κ2) is 10.1. The van der Waals surface area contributed by atoms with E-state index < -0.39 is 0 Å². The Morgan fingerprint density at radius 3 is 2.45 bits per heavy atom. The molecule has 1 N–H and O–H groups in total. The van der Waals surface area contributed by atoms with Gasteiger partial charge in [0.2, 0.25) is 5.95 Å². The minimum Gasteiger partial charge on any atom is -0.356 e. The molecular weight excluding hydrogens is 358 g/mol. The molecule has 0 radical (unpaired) electrons. The van der Waals surface area contributed by atoms with Crippen molar-refractivity contribution in [2.75, 3.05) is 42.9 Å². The lowest BCUT2D eigenvalue weighted by molar-refractivity contribution is 0.266. The van der Waals surface area contributed by atoms with E-state index >= 15 is 0 Å². The standard InChI is InChI=1S/C24H41N5/c1-3-19(4-2)17-28-16-13-20(18-28)25-24-26-22-12-8-7-11-21(22)23(27-24)29-14-9-5-6-10-15-29/h19-20H,3-18H2,1-2H3,(H,25,26,27)/t20-/m0/s1. The fourth-order valence-electron chi connectivity index (χ4n) is 5.39. The molecule has 0 bridgehead atoms. The first-order valence-electron chi connectivity index (χ1n) is 12.4. The summed E-state index contributed by atoms with van der Waals surface area (Å²) in [5, 5.41) is 3.73. The lowest BCUT2D eigenvalue weighted by Gasteiger charge is -2.28. The highest BCUT2D eigenvalue weighted by Gasteiger charge is 2.27. The lowest BCUT2D eigenvalue weighted by Crippen LogP contribution is -2.31. The number of hydrogen-bond acceptors (Lipinski definition) is 5. The van der Waals surface area contributed by atoms with E-state index in [9.17, 15) is 0 Å². The molecule has 3 heterocycles. The molecule has 2 aliphatic heterocycles. The SMILES string of the molecule is CCC(CC)CN1CC[C@H](Nc2nc3c(c(N4CCCCCC4)n2)CCCC3)C1. The normalized spacial score (nSPS) is 23.3. The second-order valence-electron chi connectivity index (χ2n) is 9.48. The third kappa shape index (κ3) is 5.22. The van der Waals surface area contributed by atoms with Crippen molar-refractivity contribution in [1.29, 1.82) is 0 Å². The molecule has 0 amide bonds. The maximum atomic E-state index is 5.12. The van der Waals surface area contributed by atoms with Crippen molar-refractivity contribution in [3.63, 3.8) is 0 Å². The predicted octanol–water partition coefficient (Wildman–Crippen LogP) is 4.66. The first-order chi connectivity index (χ1) is 14.3. The summed E-state index contributed by atoms with van der Waals surface area (Å²) in [6.45, 7) is 10.6. The van der Waals surface area contributed by atoms with Gasteiger partial charge in [-0.05, 0) is 50.9 Å². The molecule has 0 unspecified atom stereocenters. The molecule has 0 spiro atoms. The van der Waals surface area contributed by atoms with Gasteiger partial charge in [-0.1, -0.05) is 39.5 Å². The fraction of sp³-hybridized carbons (Fsp3) is 0.833. The predicted molar refractivity (Wildman–Crippen MR) is 122 cm³/mol. The fourth-order valence-corrected chi connectivity index (χ4v) is 5.39. The first kappa shape index (κ1) is 20.9. The summed E-state index contributed by atoms with van der Waals surface area (Å²) < 4.78 is 0. The highest BCUT2D eigenvalue weighted by atomic mass is 15.3. The molecule has 1 aromatic rings. The molecule has 5 heteroatoms. The van der Waals surface area contributed by atoms with Gasteiger partial charge >= 0.3 is 0 Å². The molecular formula is C24H41N5. The van der Waals surface area contributed by atoms with E-state index in [-0.39, 0.29) is 0 Å². The van der Waals surface area contributed by atoms with Gasteiger partial charge in [0.25, 0.3) is 0 Å². The average Bonchev–Trinajstić information content (AvgIpc) is 3.01. The molecule has 1 aromatic heterocycles. The minimum absolute atomic E-state index is 0.489. The van der Waals surface area contributed by atoms with Gasteiger partial charge in [-0.15, -0.1) is 0 Å². The largest absolute Gasteiger partial charge is 0.356 e. The third-order valence-electron chi connectivity index (χ3n) is 7.34. The highest BCUT2D eigenvalue weighted by Crippen LogP contribution is 2.31. The van der Waals surface area contributed by atoms with Gasteiger partial charge in [-0.25, -0.2) is 4.98 Å². The van der Waals surface area contributed by atoms with Crippen molar-refractivity contribution in [1.82, 2.24) is 14.9 Å². The Balaban J connectivity index is 1.47. The number of likely N-dealkylation sites (tertiary alicyclic amines) is 1. The summed E-state index contributed by atoms with van der Waals surface area (Å²) in [7, 11) is 0. The van der Waals surface area contributed by atoms with E-state index in [1.165, 1.54) is 88.0 Å². The monoisotopic (exact) mass is 399 g/mol. The van der Waals surface area contributed by atoms with Gasteiger partial charge in [-0.3, -0.25) is 0 Å². The van der Waals surface area contributed by atoms with E-state index in [4.69, 9.17) is 9.97 Å². The smallest absolute Gasteiger partial charge is 0.225 e. The molecule has 29 heavy (non-hydrogen) atoms. The zero-order chi connectivity index (χ0) is 20.1. The van der Waals surface area contributed by atoms with E-state index in [0.717, 1.165) is 44.3 Å². The number of hydrogen-bond donors (Lipinski definition) is 1. The minimum atomic E-state index is 0.489. The van der Waals surface area contributed by atoms with Crippen LogP contribution in [-0.2, 0) is 12.8 Å². The van der Waals surface area contributed by atoms with Gasteiger partial charge in [0.05, 0.1) is 5.69 Å². The molecule has 1 aliphatic carbocycles. The summed E-state index contributed by atoms with van der Waals surface area (Å²) in [5.41, 5.74) is 2.77. The molecule has 5 nitrogen and oxygen atoms in total. The van der Waals surface area contributed by atoms with Crippen LogP contribution in [0.5, 0.6) is 0 Å². The zero-order valence-electron chi connectivity index (χ0n) is 18.8. The van der Waals surface area contributed by atoms with Crippen LogP contribution in [0.15, 0.2) is 0 Å². The van der Waals surface area contributed by atoms with Crippen LogP contribution in [0, 0.1) is 5.92 Å². The van der Waals surface area contributed by atoms with Gasteiger partial charge in [0.1, 0.15) is 5.82 Å². The van der Waals surface area contributed by atoms with Crippen LogP contribution in [0.4, 0.5) is 11.8 Å². The maximum absolute atomic E-state index is 5.12. The van der Waals surface area contributed by atoms with Gasteiger partial charge < -0.3 is 15.1 Å². The molecule has 0 aromatic carbocycles. The summed E-state index contributed by atoms with van der Waals surface area (Å²) in [6.07, 6.45) is 14.0. The number of rotatable bonds is 7. The Bertz CT molecular complexity index is 649. The summed E-state index contributed by atoms with van der Waals surface area (Å²) in [4.78, 5) is 15.3. The van der Waals surface area contributed by atoms with Crippen LogP contribution >= 0.6 is 0 Å². The maximum Gasteiger partial charge on any atom is 0.225 e. The van der Waals surface area contributed by atoms with Crippen molar-refractivity contribution in [2.45, 2.75) is 90.5 Å². The van der Waals surface area contributed by atoms with Crippen LogP contribution < -0.4 is 10.2 Å². The van der Waals surface area contributed by atoms with Crippen LogP contribution in [0.3, 0.4) is 0 Å². The quantitative estimate of drug-likeness (QED) is 0.722. The summed E-state index contributed by atoms with van der Waals surface area (Å²) >= 11 is 0. The lowest BCUT2D eigenvalue weighted by atomic mass is 9.96. The van der Waals surface area contributed by atoms with Crippen LogP contribution in [0.2, 0.25) is 0 Å². The van der Waals surface area contributed by atoms with E-state index in [2.05, 4.69) is 29.0 Å². The van der Waals surface area contributed by atoms with E-state index in [1.807, 2.05) is 0 Å². The van der Waals surface area contributed by atoms with Gasteiger partial charge in [-0.2, -0.15) is 4.98 Å². The van der Waals surface area contributed by atoms with E-state index in [0.29, 0.717) is 6.04 Å². The molecule has 2 fully saturated rings. The van der Waals surface area contributed by atoms with Crippen molar-refractivity contribution >= 4 is 11.8 Å². The highest BCUT2D eigenvalue weighted by molar-refractivity contribution is 5.54. The summed E-state index contributed by atoms with van der Waals surface area (Å²) in [6, 6.07) is 0.489. The molecule has 4 rings (SSSR count). The zero-order valence-corrected chi connectivity index (χ0v) is 18.8. The van der Waals surface area contributed by atoms with Crippen LogP contribution in [-0.4, -0.2) is 53.6 Å². The molecule has 162 valence electrons. The number of nitrogens with zero attached hydrogens (tertiary/aromatic N) is 4. The third-order valence-corrected chi connectivity index (χ3v) is 7.34. The summed E-state index contributed by atoms with van der Waals surface area (Å²) in [5.74, 6) is 2.98. The Hall–Kier alpha value is -1.36. The number of nitrogens with one attached hydrogen (secondary N) is 1. The second-order valence-corrected chi connectivity index (χ2v) is 9.48. The van der Waals surface area contributed by atoms with Crippen LogP contribution in [0.1, 0.15) is 82.9 Å². The molecule has 1 atom stereocenters. The van der Waals surface area contributed by atoms with Crippen molar-refractivity contribution in [2.24, 2.45) is 5.92 Å². The van der Waals surface area contributed by atoms with Crippen molar-refractivity contribution < 1.29 is 0 Å². The first-order valence-corrected chi connectivity index (χ1v) is 12.4. The molecule has 2 saturated heterocycles. The Morgan fingerprint density at radius 2 is 1.69 bits per heavy atom. The number of anilines is 2. The average molecular weight is 400 g/mol.